The van der Waals surface area contributed by atoms with Gasteiger partial charge < -0.3 is 0 Å². The number of hydrogen-bond acceptors (Lipinski definition) is 2. The van der Waals surface area contributed by atoms with Crippen molar-refractivity contribution in [3.05, 3.63) is 75.3 Å². The first kappa shape index (κ1) is 16.8. The third kappa shape index (κ3) is 4.01. The molecule has 0 aliphatic heterocycles. The van der Waals surface area contributed by atoms with Crippen LogP contribution in [0.4, 0.5) is 0 Å². The fraction of sp³-hybridized carbons (Fsp3) is 0.200. The Morgan fingerprint density at radius 1 is 1.00 bits per heavy atom. The highest BCUT2D eigenvalue weighted by Gasteiger charge is 2.07. The number of rotatable bonds is 5. The second kappa shape index (κ2) is 7.63. The first-order chi connectivity index (χ1) is 11.1. The molecular weight excluding hydrogens is 304 g/mol. The second-order valence-corrected chi connectivity index (χ2v) is 5.75. The Morgan fingerprint density at radius 3 is 2.17 bits per heavy atom. The number of nitriles is 2. The van der Waals surface area contributed by atoms with Gasteiger partial charge in [-0.3, -0.25) is 0 Å². The van der Waals surface area contributed by atoms with Gasteiger partial charge in [-0.15, -0.1) is 0 Å². The van der Waals surface area contributed by atoms with Crippen molar-refractivity contribution in [3.63, 3.8) is 0 Å². The van der Waals surface area contributed by atoms with Crippen molar-refractivity contribution in [2.75, 3.05) is 0 Å². The number of benzene rings is 2. The molecule has 0 amide bonds. The predicted molar refractivity (Wildman–Crippen MR) is 94.2 cm³/mol. The standard InChI is InChI=1S/C20H17ClN2/c1-3-17-11-20(21)18(4-2)10-19(17)6-5-14-7-15(12-22)9-16(8-14)13-23/h3,7-11H,1,4-6H2,2H3. The first-order valence-electron chi connectivity index (χ1n) is 7.49. The van der Waals surface area contributed by atoms with Gasteiger partial charge in [0.1, 0.15) is 0 Å². The van der Waals surface area contributed by atoms with Crippen molar-refractivity contribution < 1.29 is 0 Å². The molecule has 0 fully saturated rings. The minimum absolute atomic E-state index is 0.522. The van der Waals surface area contributed by atoms with Crippen LogP contribution in [0, 0.1) is 22.7 Å². The summed E-state index contributed by atoms with van der Waals surface area (Å²) in [6.45, 7) is 5.93. The molecule has 0 heterocycles. The van der Waals surface area contributed by atoms with Gasteiger partial charge in [-0.25, -0.2) is 0 Å². The molecule has 0 aromatic heterocycles. The summed E-state index contributed by atoms with van der Waals surface area (Å²) in [6, 6.07) is 13.6. The van der Waals surface area contributed by atoms with Crippen LogP contribution in [0.1, 0.15) is 40.3 Å². The Hall–Kier alpha value is -2.55. The quantitative estimate of drug-likeness (QED) is 0.771. The van der Waals surface area contributed by atoms with Crippen molar-refractivity contribution in [1.29, 1.82) is 10.5 Å². The van der Waals surface area contributed by atoms with Crippen LogP contribution in [0.3, 0.4) is 0 Å². The SMILES string of the molecule is C=Cc1cc(Cl)c(CC)cc1CCc1cc(C#N)cc(C#N)c1. The van der Waals surface area contributed by atoms with E-state index in [1.165, 1.54) is 5.56 Å². The molecule has 0 aliphatic carbocycles. The van der Waals surface area contributed by atoms with Gasteiger partial charge in [0.05, 0.1) is 23.3 Å². The van der Waals surface area contributed by atoms with Gasteiger partial charge in [0.2, 0.25) is 0 Å². The van der Waals surface area contributed by atoms with Gasteiger partial charge in [0.15, 0.2) is 0 Å². The number of halogens is 1. The normalized spacial score (nSPS) is 9.91. The lowest BCUT2D eigenvalue weighted by Gasteiger charge is -2.11. The van der Waals surface area contributed by atoms with E-state index in [4.69, 9.17) is 22.1 Å². The van der Waals surface area contributed by atoms with Crippen LogP contribution in [-0.4, -0.2) is 0 Å². The molecule has 114 valence electrons. The predicted octanol–water partition coefficient (Wildman–Crippen LogP) is 5.07. The molecule has 0 saturated carbocycles. The van der Waals surface area contributed by atoms with Gasteiger partial charge >= 0.3 is 0 Å². The smallest absolute Gasteiger partial charge is 0.0992 e. The van der Waals surface area contributed by atoms with Crippen molar-refractivity contribution in [2.45, 2.75) is 26.2 Å². The van der Waals surface area contributed by atoms with Crippen LogP contribution in [0.25, 0.3) is 6.08 Å². The van der Waals surface area contributed by atoms with Crippen molar-refractivity contribution in [1.82, 2.24) is 0 Å². The van der Waals surface area contributed by atoms with E-state index in [9.17, 15) is 0 Å². The maximum atomic E-state index is 9.06. The molecule has 0 aliphatic rings. The van der Waals surface area contributed by atoms with Gasteiger partial charge in [-0.2, -0.15) is 10.5 Å². The van der Waals surface area contributed by atoms with Crippen molar-refractivity contribution in [2.24, 2.45) is 0 Å². The number of aryl methyl sites for hydroxylation is 3. The minimum atomic E-state index is 0.522. The third-order valence-electron chi connectivity index (χ3n) is 3.84. The van der Waals surface area contributed by atoms with Gasteiger partial charge in [-0.1, -0.05) is 37.2 Å². The van der Waals surface area contributed by atoms with E-state index in [1.54, 1.807) is 6.07 Å². The highest BCUT2D eigenvalue weighted by molar-refractivity contribution is 6.31. The third-order valence-corrected chi connectivity index (χ3v) is 4.19. The molecule has 3 heteroatoms. The molecule has 2 aromatic rings. The molecule has 0 atom stereocenters. The molecule has 23 heavy (non-hydrogen) atoms. The van der Waals surface area contributed by atoms with E-state index in [1.807, 2.05) is 24.3 Å². The fourth-order valence-corrected chi connectivity index (χ4v) is 2.91. The maximum Gasteiger partial charge on any atom is 0.0992 e. The summed E-state index contributed by atoms with van der Waals surface area (Å²) in [4.78, 5) is 0. The van der Waals surface area contributed by atoms with E-state index < -0.39 is 0 Å². The molecule has 2 nitrogen and oxygen atoms in total. The average molecular weight is 321 g/mol. The van der Waals surface area contributed by atoms with Crippen LogP contribution in [0.2, 0.25) is 5.02 Å². The number of nitrogens with zero attached hydrogens (tertiary/aromatic N) is 2. The lowest BCUT2D eigenvalue weighted by molar-refractivity contribution is 0.949. The molecule has 2 aromatic carbocycles. The maximum absolute atomic E-state index is 9.06. The Morgan fingerprint density at radius 2 is 1.65 bits per heavy atom. The van der Waals surface area contributed by atoms with E-state index >= 15 is 0 Å². The summed E-state index contributed by atoms with van der Waals surface area (Å²) in [6.07, 6.45) is 4.26. The second-order valence-electron chi connectivity index (χ2n) is 5.34. The lowest BCUT2D eigenvalue weighted by atomic mass is 9.95. The zero-order valence-electron chi connectivity index (χ0n) is 13.1. The average Bonchev–Trinajstić information content (AvgIpc) is 2.59. The molecule has 0 bridgehead atoms. The van der Waals surface area contributed by atoms with Gasteiger partial charge in [-0.05, 0) is 65.8 Å². The van der Waals surface area contributed by atoms with Crippen molar-refractivity contribution in [3.8, 4) is 12.1 Å². The summed E-state index contributed by atoms with van der Waals surface area (Å²) >= 11 is 6.26. The molecule has 0 saturated heterocycles. The molecule has 0 unspecified atom stereocenters. The summed E-state index contributed by atoms with van der Waals surface area (Å²) in [5.74, 6) is 0. The van der Waals surface area contributed by atoms with Crippen LogP contribution in [0.5, 0.6) is 0 Å². The zero-order chi connectivity index (χ0) is 16.8. The van der Waals surface area contributed by atoms with E-state index in [0.29, 0.717) is 11.1 Å². The molecule has 2 rings (SSSR count). The summed E-state index contributed by atoms with van der Waals surface area (Å²) in [5.41, 5.74) is 5.37. The summed E-state index contributed by atoms with van der Waals surface area (Å²) in [5, 5.41) is 18.9. The fourth-order valence-electron chi connectivity index (χ4n) is 2.61. The largest absolute Gasteiger partial charge is 0.192 e. The van der Waals surface area contributed by atoms with Crippen molar-refractivity contribution >= 4 is 17.7 Å². The van der Waals surface area contributed by atoms with E-state index in [-0.39, 0.29) is 0 Å². The number of hydrogen-bond donors (Lipinski definition) is 0. The summed E-state index contributed by atoms with van der Waals surface area (Å²) < 4.78 is 0. The molecule has 0 N–H and O–H groups in total. The highest BCUT2D eigenvalue weighted by Crippen LogP contribution is 2.24. The first-order valence-corrected chi connectivity index (χ1v) is 7.87. The monoisotopic (exact) mass is 320 g/mol. The van der Waals surface area contributed by atoms with Crippen LogP contribution in [0.15, 0.2) is 36.9 Å². The highest BCUT2D eigenvalue weighted by atomic mass is 35.5. The van der Waals surface area contributed by atoms with Crippen LogP contribution < -0.4 is 0 Å². The van der Waals surface area contributed by atoms with Crippen LogP contribution >= 0.6 is 11.6 Å². The zero-order valence-corrected chi connectivity index (χ0v) is 13.8. The van der Waals surface area contributed by atoms with E-state index in [2.05, 4.69) is 31.7 Å². The minimum Gasteiger partial charge on any atom is -0.192 e. The molecule has 0 radical (unpaired) electrons. The Kier molecular flexibility index (Phi) is 5.58. The molecular formula is C20H17ClN2. The van der Waals surface area contributed by atoms with Crippen LogP contribution in [-0.2, 0) is 19.3 Å². The Bertz CT molecular complexity index is 791. The van der Waals surface area contributed by atoms with Gasteiger partial charge in [0.25, 0.3) is 0 Å². The Labute approximate surface area is 142 Å². The van der Waals surface area contributed by atoms with Gasteiger partial charge in [0, 0.05) is 5.02 Å². The molecule has 0 spiro atoms. The van der Waals surface area contributed by atoms with E-state index in [0.717, 1.165) is 41.0 Å². The Balaban J connectivity index is 2.29. The topological polar surface area (TPSA) is 47.6 Å². The lowest BCUT2D eigenvalue weighted by Crippen LogP contribution is -1.98. The summed E-state index contributed by atoms with van der Waals surface area (Å²) in [7, 11) is 0.